The Bertz CT molecular complexity index is 2550. The van der Waals surface area contributed by atoms with E-state index < -0.39 is 34.2 Å². The van der Waals surface area contributed by atoms with E-state index in [1.54, 1.807) is 30.3 Å². The first-order chi connectivity index (χ1) is 29.5. The minimum Gasteiger partial charge on any atom is -0.478 e. The Kier molecular flexibility index (Phi) is 14.2. The molecule has 12 heteroatoms. The smallest absolute Gasteiger partial charge is 0.336 e. The highest BCUT2D eigenvalue weighted by Crippen LogP contribution is 2.44. The van der Waals surface area contributed by atoms with Crippen LogP contribution in [-0.2, 0) is 43.9 Å². The van der Waals surface area contributed by atoms with Crippen LogP contribution >= 0.6 is 11.8 Å². The Hall–Kier alpha value is -5.60. The second-order valence-electron chi connectivity index (χ2n) is 15.2. The molecule has 314 valence electrons. The Balaban J connectivity index is 1.09. The van der Waals surface area contributed by atoms with Gasteiger partial charge < -0.3 is 25.0 Å². The predicted octanol–water partition coefficient (Wildman–Crippen LogP) is 8.64. The number of hydrogen-bond donors (Lipinski definition) is 4. The zero-order chi connectivity index (χ0) is 42.9. The highest BCUT2D eigenvalue weighted by Gasteiger charge is 2.38. The van der Waals surface area contributed by atoms with Crippen molar-refractivity contribution in [3.05, 3.63) is 191 Å². The zero-order valence-corrected chi connectivity index (χ0v) is 35.4. The van der Waals surface area contributed by atoms with Crippen LogP contribution in [0.4, 0.5) is 0 Å². The van der Waals surface area contributed by atoms with Gasteiger partial charge in [0, 0.05) is 28.7 Å². The molecule has 6 aromatic rings. The van der Waals surface area contributed by atoms with Crippen LogP contribution in [0.15, 0.2) is 161 Å². The first-order valence-corrected chi connectivity index (χ1v) is 22.5. The lowest BCUT2D eigenvalue weighted by atomic mass is 9.91. The number of aliphatic hydroxyl groups excluding tert-OH is 1. The molecule has 5 unspecified atom stereocenters. The summed E-state index contributed by atoms with van der Waals surface area (Å²) in [4.78, 5) is 26.4. The number of amides is 1. The summed E-state index contributed by atoms with van der Waals surface area (Å²) in [5.74, 6) is -1.04. The lowest BCUT2D eigenvalue weighted by Gasteiger charge is -2.41. The summed E-state index contributed by atoms with van der Waals surface area (Å²) in [6.45, 7) is 4.04. The van der Waals surface area contributed by atoms with Crippen molar-refractivity contribution in [1.29, 1.82) is 0 Å². The molecular weight excluding hydrogens is 809 g/mol. The van der Waals surface area contributed by atoms with Crippen LogP contribution in [0.1, 0.15) is 63.1 Å². The number of aryl methyl sites for hydroxylation is 1. The number of aromatic carboxylic acids is 1. The van der Waals surface area contributed by atoms with Gasteiger partial charge in [-0.3, -0.25) is 4.79 Å². The molecule has 0 spiro atoms. The van der Waals surface area contributed by atoms with Crippen LogP contribution in [-0.4, -0.2) is 48.4 Å². The average molecular weight is 857 g/mol. The molecular formula is C49H48N2O8S2. The van der Waals surface area contributed by atoms with Gasteiger partial charge in [-0.25, -0.2) is 13.2 Å². The van der Waals surface area contributed by atoms with Crippen molar-refractivity contribution < 1.29 is 37.7 Å². The van der Waals surface area contributed by atoms with Gasteiger partial charge in [-0.2, -0.15) is 4.72 Å². The SMILES string of the molecule is Cc1ccc(S(=O)(=O)NC(Cc2ccccc2)C(=O)NCc2cccc(-c3cccc(C4OC(CSc5ccccc5C(=O)O)C(C)C(c5ccc(CO)cc5)O4)c3)c2)cc1. The molecule has 61 heavy (non-hydrogen) atoms. The number of carboxylic acid groups (broad SMARTS) is 1. The standard InChI is InChI=1S/C49H48N2O8S2/c1-32-18-24-41(25-19-32)61(56,57)51-43(27-34-10-4-3-5-11-34)47(53)50-29-36-12-8-13-38(26-36)39-14-9-15-40(28-39)49-58-44(31-60-45-17-7-6-16-42(45)48(54)55)33(2)46(59-49)37-22-20-35(30-52)21-23-37/h3-26,28,33,43-44,46,49,51-52H,27,29-31H2,1-2H3,(H,50,53)(H,54,55). The number of rotatable bonds is 16. The summed E-state index contributed by atoms with van der Waals surface area (Å²) >= 11 is 1.44. The molecule has 0 radical (unpaired) electrons. The molecule has 1 aliphatic rings. The van der Waals surface area contributed by atoms with Gasteiger partial charge >= 0.3 is 5.97 Å². The normalized spacial score (nSPS) is 18.3. The predicted molar refractivity (Wildman–Crippen MR) is 236 cm³/mol. The van der Waals surface area contributed by atoms with Crippen molar-refractivity contribution in [2.75, 3.05) is 5.75 Å². The van der Waals surface area contributed by atoms with E-state index in [1.165, 1.54) is 23.9 Å². The van der Waals surface area contributed by atoms with Crippen molar-refractivity contribution in [3.8, 4) is 11.1 Å². The number of thioether (sulfide) groups is 1. The number of sulfonamides is 1. The molecule has 7 rings (SSSR count). The molecule has 5 atom stereocenters. The van der Waals surface area contributed by atoms with Gasteiger partial charge in [-0.1, -0.05) is 128 Å². The maximum Gasteiger partial charge on any atom is 0.336 e. The van der Waals surface area contributed by atoms with E-state index in [0.29, 0.717) is 10.6 Å². The van der Waals surface area contributed by atoms with Crippen molar-refractivity contribution >= 4 is 33.7 Å². The van der Waals surface area contributed by atoms with E-state index in [-0.39, 0.29) is 48.2 Å². The fraction of sp³-hybridized carbons (Fsp3) is 0.224. The molecule has 1 amide bonds. The first-order valence-electron chi connectivity index (χ1n) is 20.0. The van der Waals surface area contributed by atoms with Gasteiger partial charge in [0.25, 0.3) is 0 Å². The van der Waals surface area contributed by atoms with Gasteiger partial charge in [-0.05, 0) is 83.1 Å². The third-order valence-corrected chi connectivity index (χ3v) is 13.4. The van der Waals surface area contributed by atoms with Gasteiger partial charge in [0.15, 0.2) is 6.29 Å². The Morgan fingerprint density at radius 2 is 1.41 bits per heavy atom. The maximum absolute atomic E-state index is 13.7. The monoisotopic (exact) mass is 856 g/mol. The molecule has 0 aliphatic carbocycles. The molecule has 0 aromatic heterocycles. The van der Waals surface area contributed by atoms with Gasteiger partial charge in [0.05, 0.1) is 29.3 Å². The molecule has 0 saturated carbocycles. The number of carboxylic acids is 1. The van der Waals surface area contributed by atoms with Crippen molar-refractivity contribution in [1.82, 2.24) is 10.0 Å². The molecule has 0 bridgehead atoms. The van der Waals surface area contributed by atoms with Crippen LogP contribution in [0, 0.1) is 12.8 Å². The van der Waals surface area contributed by atoms with E-state index >= 15 is 0 Å². The molecule has 1 saturated heterocycles. The summed E-state index contributed by atoms with van der Waals surface area (Å²) in [7, 11) is -3.99. The average Bonchev–Trinajstić information content (AvgIpc) is 3.28. The molecule has 4 N–H and O–H groups in total. The summed E-state index contributed by atoms with van der Waals surface area (Å²) < 4.78 is 42.8. The number of nitrogens with one attached hydrogen (secondary N) is 2. The van der Waals surface area contributed by atoms with Crippen LogP contribution in [0.2, 0.25) is 0 Å². The summed E-state index contributed by atoms with van der Waals surface area (Å²) in [6.07, 6.45) is -1.24. The van der Waals surface area contributed by atoms with Crippen LogP contribution in [0.25, 0.3) is 11.1 Å². The number of carbonyl (C=O) groups is 2. The summed E-state index contributed by atoms with van der Waals surface area (Å²) in [5, 5.41) is 22.4. The third kappa shape index (κ3) is 11.0. The topological polar surface area (TPSA) is 151 Å². The maximum atomic E-state index is 13.7. The lowest BCUT2D eigenvalue weighted by Crippen LogP contribution is -2.47. The van der Waals surface area contributed by atoms with Crippen molar-refractivity contribution in [2.45, 2.75) is 67.8 Å². The molecule has 10 nitrogen and oxygen atoms in total. The van der Waals surface area contributed by atoms with E-state index in [0.717, 1.165) is 44.5 Å². The van der Waals surface area contributed by atoms with E-state index in [2.05, 4.69) is 17.0 Å². The highest BCUT2D eigenvalue weighted by atomic mass is 32.2. The summed E-state index contributed by atoms with van der Waals surface area (Å²) in [5.41, 5.74) is 7.13. The number of benzene rings is 6. The van der Waals surface area contributed by atoms with Gasteiger partial charge in [-0.15, -0.1) is 11.8 Å². The highest BCUT2D eigenvalue weighted by molar-refractivity contribution is 7.99. The van der Waals surface area contributed by atoms with Crippen LogP contribution < -0.4 is 10.0 Å². The number of ether oxygens (including phenoxy) is 2. The third-order valence-electron chi connectivity index (χ3n) is 10.8. The molecule has 1 heterocycles. The zero-order valence-electron chi connectivity index (χ0n) is 33.8. The fourth-order valence-corrected chi connectivity index (χ4v) is 9.71. The van der Waals surface area contributed by atoms with Gasteiger partial charge in [0.2, 0.25) is 15.9 Å². The largest absolute Gasteiger partial charge is 0.478 e. The number of aliphatic hydroxyl groups is 1. The van der Waals surface area contributed by atoms with E-state index in [4.69, 9.17) is 9.47 Å². The minimum atomic E-state index is -3.99. The quantitative estimate of drug-likeness (QED) is 0.0702. The van der Waals surface area contributed by atoms with E-state index in [9.17, 15) is 28.2 Å². The van der Waals surface area contributed by atoms with Gasteiger partial charge in [0.1, 0.15) is 6.04 Å². The fourth-order valence-electron chi connectivity index (χ4n) is 7.30. The molecule has 1 aliphatic heterocycles. The van der Waals surface area contributed by atoms with Crippen molar-refractivity contribution in [3.63, 3.8) is 0 Å². The van der Waals surface area contributed by atoms with Crippen molar-refractivity contribution in [2.24, 2.45) is 5.92 Å². The second kappa shape index (κ2) is 19.9. The molecule has 6 aromatic carbocycles. The number of hydrogen-bond acceptors (Lipinski definition) is 8. The van der Waals surface area contributed by atoms with Crippen LogP contribution in [0.5, 0.6) is 0 Å². The Labute approximate surface area is 361 Å². The number of carbonyl (C=O) groups excluding carboxylic acids is 1. The second-order valence-corrected chi connectivity index (χ2v) is 17.9. The Morgan fingerprint density at radius 3 is 2.13 bits per heavy atom. The summed E-state index contributed by atoms with van der Waals surface area (Å²) in [6, 6.07) is 45.0. The minimum absolute atomic E-state index is 0.0689. The molecule has 1 fully saturated rings. The van der Waals surface area contributed by atoms with Crippen LogP contribution in [0.3, 0.4) is 0 Å². The lowest BCUT2D eigenvalue weighted by molar-refractivity contribution is -0.268. The Morgan fingerprint density at radius 1 is 0.738 bits per heavy atom. The first kappa shape index (κ1) is 43.5. The van der Waals surface area contributed by atoms with E-state index in [1.807, 2.05) is 116 Å².